The van der Waals surface area contributed by atoms with E-state index in [9.17, 15) is 5.11 Å². The molecule has 2 unspecified atom stereocenters. The fraction of sp³-hybridized carbons (Fsp3) is 1.00. The summed E-state index contributed by atoms with van der Waals surface area (Å²) in [6.07, 6.45) is 3.18. The van der Waals surface area contributed by atoms with Gasteiger partial charge in [-0.1, -0.05) is 6.92 Å². The largest absolute Gasteiger partial charge is 0.393 e. The topological polar surface area (TPSA) is 32.7 Å². The van der Waals surface area contributed by atoms with E-state index in [-0.39, 0.29) is 6.10 Å². The van der Waals surface area contributed by atoms with Crippen LogP contribution in [0.4, 0.5) is 0 Å². The summed E-state index contributed by atoms with van der Waals surface area (Å²) in [6.45, 7) is 8.20. The van der Waals surface area contributed by atoms with E-state index in [1.165, 1.54) is 0 Å². The average molecular weight is 201 g/mol. The van der Waals surface area contributed by atoms with E-state index in [0.29, 0.717) is 6.10 Å². The van der Waals surface area contributed by atoms with Crippen molar-refractivity contribution in [1.82, 2.24) is 4.90 Å². The molecule has 1 aliphatic heterocycles. The van der Waals surface area contributed by atoms with Crippen molar-refractivity contribution >= 4 is 0 Å². The van der Waals surface area contributed by atoms with Gasteiger partial charge >= 0.3 is 0 Å². The molecule has 14 heavy (non-hydrogen) atoms. The number of ether oxygens (including phenoxy) is 1. The standard InChI is InChI=1S/C11H23NO2/c1-3-11(13)5-4-6-12-7-8-14-10(2)9-12/h10-11,13H,3-9H2,1-2H3. The average Bonchev–Trinajstić information content (AvgIpc) is 2.17. The first-order valence-electron chi connectivity index (χ1n) is 5.74. The lowest BCUT2D eigenvalue weighted by Crippen LogP contribution is -2.41. The number of hydrogen-bond acceptors (Lipinski definition) is 3. The highest BCUT2D eigenvalue weighted by atomic mass is 16.5. The molecule has 0 aromatic carbocycles. The van der Waals surface area contributed by atoms with Gasteiger partial charge in [-0.3, -0.25) is 4.90 Å². The van der Waals surface area contributed by atoms with Crippen molar-refractivity contribution in [3.8, 4) is 0 Å². The van der Waals surface area contributed by atoms with Gasteiger partial charge in [0.1, 0.15) is 0 Å². The van der Waals surface area contributed by atoms with E-state index in [0.717, 1.165) is 45.5 Å². The zero-order valence-electron chi connectivity index (χ0n) is 9.41. The highest BCUT2D eigenvalue weighted by Crippen LogP contribution is 2.07. The van der Waals surface area contributed by atoms with Crippen molar-refractivity contribution in [3.05, 3.63) is 0 Å². The van der Waals surface area contributed by atoms with E-state index >= 15 is 0 Å². The molecule has 1 saturated heterocycles. The highest BCUT2D eigenvalue weighted by molar-refractivity contribution is 4.68. The molecule has 0 spiro atoms. The van der Waals surface area contributed by atoms with Crippen LogP contribution < -0.4 is 0 Å². The van der Waals surface area contributed by atoms with Crippen LogP contribution in [-0.2, 0) is 4.74 Å². The Labute approximate surface area is 87.1 Å². The molecule has 0 amide bonds. The highest BCUT2D eigenvalue weighted by Gasteiger charge is 2.15. The monoisotopic (exact) mass is 201 g/mol. The smallest absolute Gasteiger partial charge is 0.0674 e. The third-order valence-electron chi connectivity index (χ3n) is 2.81. The Morgan fingerprint density at radius 2 is 2.36 bits per heavy atom. The van der Waals surface area contributed by atoms with Gasteiger partial charge in [-0.2, -0.15) is 0 Å². The van der Waals surface area contributed by atoms with Crippen molar-refractivity contribution in [2.24, 2.45) is 0 Å². The molecule has 3 heteroatoms. The Hall–Kier alpha value is -0.120. The SMILES string of the molecule is CCC(O)CCCN1CCOC(C)C1. The number of aliphatic hydroxyl groups excluding tert-OH is 1. The molecule has 1 aliphatic rings. The van der Waals surface area contributed by atoms with Crippen LogP contribution in [0.2, 0.25) is 0 Å². The van der Waals surface area contributed by atoms with Crippen LogP contribution in [-0.4, -0.2) is 48.5 Å². The Balaban J connectivity index is 2.05. The normalized spacial score (nSPS) is 26.4. The Bertz CT molecular complexity index is 152. The summed E-state index contributed by atoms with van der Waals surface area (Å²) in [6, 6.07) is 0. The van der Waals surface area contributed by atoms with Gasteiger partial charge in [0.25, 0.3) is 0 Å². The third kappa shape index (κ3) is 4.40. The molecular weight excluding hydrogens is 178 g/mol. The first-order valence-corrected chi connectivity index (χ1v) is 5.74. The second-order valence-electron chi connectivity index (χ2n) is 4.19. The van der Waals surface area contributed by atoms with Gasteiger partial charge < -0.3 is 9.84 Å². The van der Waals surface area contributed by atoms with Gasteiger partial charge in [-0.15, -0.1) is 0 Å². The molecule has 1 rings (SSSR count). The van der Waals surface area contributed by atoms with Crippen LogP contribution in [0.1, 0.15) is 33.1 Å². The van der Waals surface area contributed by atoms with Gasteiger partial charge in [0.05, 0.1) is 18.8 Å². The molecule has 0 saturated carbocycles. The van der Waals surface area contributed by atoms with Gasteiger partial charge in [-0.25, -0.2) is 0 Å². The van der Waals surface area contributed by atoms with Crippen LogP contribution in [0.15, 0.2) is 0 Å². The number of hydrogen-bond donors (Lipinski definition) is 1. The van der Waals surface area contributed by atoms with E-state index in [4.69, 9.17) is 4.74 Å². The van der Waals surface area contributed by atoms with E-state index < -0.39 is 0 Å². The lowest BCUT2D eigenvalue weighted by atomic mass is 10.1. The van der Waals surface area contributed by atoms with Crippen molar-refractivity contribution in [2.45, 2.75) is 45.3 Å². The molecule has 3 nitrogen and oxygen atoms in total. The third-order valence-corrected chi connectivity index (χ3v) is 2.81. The summed E-state index contributed by atoms with van der Waals surface area (Å²) in [5.41, 5.74) is 0. The van der Waals surface area contributed by atoms with Crippen LogP contribution >= 0.6 is 0 Å². The predicted molar refractivity (Wildman–Crippen MR) is 57.4 cm³/mol. The summed E-state index contributed by atoms with van der Waals surface area (Å²) in [5.74, 6) is 0. The van der Waals surface area contributed by atoms with Crippen molar-refractivity contribution in [3.63, 3.8) is 0 Å². The quantitative estimate of drug-likeness (QED) is 0.727. The molecule has 1 fully saturated rings. The fourth-order valence-electron chi connectivity index (χ4n) is 1.85. The van der Waals surface area contributed by atoms with Gasteiger partial charge in [0.2, 0.25) is 0 Å². The number of rotatable bonds is 5. The minimum atomic E-state index is -0.103. The summed E-state index contributed by atoms with van der Waals surface area (Å²) < 4.78 is 5.47. The van der Waals surface area contributed by atoms with Gasteiger partial charge in [-0.05, 0) is 32.7 Å². The summed E-state index contributed by atoms with van der Waals surface area (Å²) in [7, 11) is 0. The number of nitrogens with zero attached hydrogens (tertiary/aromatic N) is 1. The minimum absolute atomic E-state index is 0.103. The van der Waals surface area contributed by atoms with E-state index in [1.807, 2.05) is 6.92 Å². The van der Waals surface area contributed by atoms with Crippen LogP contribution in [0.25, 0.3) is 0 Å². The molecule has 1 heterocycles. The Morgan fingerprint density at radius 3 is 3.00 bits per heavy atom. The fourth-order valence-corrected chi connectivity index (χ4v) is 1.85. The maximum atomic E-state index is 9.40. The van der Waals surface area contributed by atoms with Gasteiger partial charge in [0.15, 0.2) is 0 Å². The Kier molecular flexibility index (Phi) is 5.45. The first-order chi connectivity index (χ1) is 6.72. The maximum absolute atomic E-state index is 9.40. The van der Waals surface area contributed by atoms with Crippen LogP contribution in [0.3, 0.4) is 0 Å². The molecule has 0 bridgehead atoms. The zero-order valence-corrected chi connectivity index (χ0v) is 9.41. The van der Waals surface area contributed by atoms with Crippen molar-refractivity contribution in [1.29, 1.82) is 0 Å². The number of morpholine rings is 1. The molecule has 84 valence electrons. The molecule has 0 aliphatic carbocycles. The van der Waals surface area contributed by atoms with E-state index in [1.54, 1.807) is 0 Å². The second-order valence-corrected chi connectivity index (χ2v) is 4.19. The van der Waals surface area contributed by atoms with Crippen molar-refractivity contribution < 1.29 is 9.84 Å². The van der Waals surface area contributed by atoms with E-state index in [2.05, 4.69) is 11.8 Å². The molecule has 0 aromatic heterocycles. The molecule has 0 radical (unpaired) electrons. The molecule has 1 N–H and O–H groups in total. The Morgan fingerprint density at radius 1 is 1.57 bits per heavy atom. The minimum Gasteiger partial charge on any atom is -0.393 e. The number of aliphatic hydroxyl groups is 1. The first kappa shape index (κ1) is 12.0. The summed E-state index contributed by atoms with van der Waals surface area (Å²) in [5, 5.41) is 9.40. The summed E-state index contributed by atoms with van der Waals surface area (Å²) in [4.78, 5) is 2.43. The second kappa shape index (κ2) is 6.38. The maximum Gasteiger partial charge on any atom is 0.0674 e. The van der Waals surface area contributed by atoms with Crippen LogP contribution in [0.5, 0.6) is 0 Å². The lowest BCUT2D eigenvalue weighted by molar-refractivity contribution is -0.0194. The molecule has 2 atom stereocenters. The van der Waals surface area contributed by atoms with Crippen molar-refractivity contribution in [2.75, 3.05) is 26.2 Å². The zero-order chi connectivity index (χ0) is 10.4. The predicted octanol–water partition coefficient (Wildman–Crippen LogP) is 1.26. The van der Waals surface area contributed by atoms with Crippen LogP contribution in [0, 0.1) is 0 Å². The van der Waals surface area contributed by atoms with Gasteiger partial charge in [0, 0.05) is 13.1 Å². The molecular formula is C11H23NO2. The molecule has 0 aromatic rings. The summed E-state index contributed by atoms with van der Waals surface area (Å²) >= 11 is 0. The lowest BCUT2D eigenvalue weighted by Gasteiger charge is -2.31.